The van der Waals surface area contributed by atoms with Gasteiger partial charge in [0.1, 0.15) is 0 Å². The third-order valence-electron chi connectivity index (χ3n) is 3.34. The lowest BCUT2D eigenvalue weighted by Gasteiger charge is -2.10. The van der Waals surface area contributed by atoms with Crippen LogP contribution in [-0.4, -0.2) is 43.8 Å². The zero-order chi connectivity index (χ0) is 14.4. The van der Waals surface area contributed by atoms with Crippen LogP contribution in [0.2, 0.25) is 0 Å². The van der Waals surface area contributed by atoms with Crippen LogP contribution in [0.4, 0.5) is 5.82 Å². The lowest BCUT2D eigenvalue weighted by atomic mass is 10.2. The minimum Gasteiger partial charge on any atom is -0.276 e. The van der Waals surface area contributed by atoms with Gasteiger partial charge in [0.25, 0.3) is 0 Å². The fraction of sp³-hybridized carbons (Fsp3) is 0.364. The summed E-state index contributed by atoms with van der Waals surface area (Å²) in [6.45, 7) is 0. The number of nitrogens with zero attached hydrogens (tertiary/aromatic N) is 1. The Hall–Kier alpha value is -1.61. The van der Waals surface area contributed by atoms with Gasteiger partial charge in [-0.1, -0.05) is 12.1 Å². The van der Waals surface area contributed by atoms with Gasteiger partial charge in [-0.05, 0) is 18.6 Å². The zero-order valence-electron chi connectivity index (χ0n) is 10.4. The molecule has 2 aromatic rings. The second kappa shape index (κ2) is 4.45. The van der Waals surface area contributed by atoms with Crippen molar-refractivity contribution in [3.63, 3.8) is 0 Å². The molecule has 1 fully saturated rings. The average Bonchev–Trinajstić information content (AvgIpc) is 2.94. The Balaban J connectivity index is 1.91. The molecule has 1 aliphatic rings. The van der Waals surface area contributed by atoms with E-state index in [2.05, 4.69) is 14.9 Å². The van der Waals surface area contributed by atoms with Crippen molar-refractivity contribution in [2.24, 2.45) is 0 Å². The first kappa shape index (κ1) is 13.4. The predicted octanol–water partition coefficient (Wildman–Crippen LogP) is 0.492. The second-order valence-electron chi connectivity index (χ2n) is 4.79. The van der Waals surface area contributed by atoms with E-state index >= 15 is 0 Å². The summed E-state index contributed by atoms with van der Waals surface area (Å²) in [6, 6.07) is 7.10. The number of aromatic nitrogens is 2. The van der Waals surface area contributed by atoms with Crippen LogP contribution < -0.4 is 4.72 Å². The van der Waals surface area contributed by atoms with E-state index in [1.165, 1.54) is 0 Å². The van der Waals surface area contributed by atoms with Crippen molar-refractivity contribution in [1.29, 1.82) is 0 Å². The topological polar surface area (TPSA) is 109 Å². The van der Waals surface area contributed by atoms with Gasteiger partial charge < -0.3 is 0 Å². The molecule has 2 N–H and O–H groups in total. The van der Waals surface area contributed by atoms with Crippen LogP contribution in [0.1, 0.15) is 6.42 Å². The molecule has 3 rings (SSSR count). The van der Waals surface area contributed by atoms with E-state index in [4.69, 9.17) is 0 Å². The Morgan fingerprint density at radius 3 is 2.75 bits per heavy atom. The number of hydrogen-bond acceptors (Lipinski definition) is 5. The van der Waals surface area contributed by atoms with Gasteiger partial charge in [0.15, 0.2) is 15.7 Å². The molecule has 1 unspecified atom stereocenters. The Morgan fingerprint density at radius 2 is 2.05 bits per heavy atom. The maximum atomic E-state index is 12.2. The Kier molecular flexibility index (Phi) is 2.98. The van der Waals surface area contributed by atoms with E-state index in [0.717, 1.165) is 0 Å². The molecule has 0 spiro atoms. The molecule has 9 heteroatoms. The van der Waals surface area contributed by atoms with Gasteiger partial charge in [-0.2, -0.15) is 5.10 Å². The van der Waals surface area contributed by atoms with Gasteiger partial charge in [-0.25, -0.2) is 16.8 Å². The summed E-state index contributed by atoms with van der Waals surface area (Å²) in [7, 11) is -7.00. The summed E-state index contributed by atoms with van der Waals surface area (Å²) in [5, 5.41) is 6.38. The summed E-state index contributed by atoms with van der Waals surface area (Å²) in [5.74, 6) is -0.213. The van der Waals surface area contributed by atoms with Crippen molar-refractivity contribution in [2.45, 2.75) is 11.7 Å². The minimum absolute atomic E-state index is 0.0834. The number of anilines is 1. The number of para-hydroxylation sites is 1. The molecule has 1 saturated heterocycles. The molecular formula is C11H13N3O4S2. The lowest BCUT2D eigenvalue weighted by molar-refractivity contribution is 0.587. The molecule has 0 aliphatic carbocycles. The van der Waals surface area contributed by atoms with E-state index in [9.17, 15) is 16.8 Å². The number of fused-ring (bicyclic) bond motifs is 1. The molecule has 0 saturated carbocycles. The highest BCUT2D eigenvalue weighted by molar-refractivity contribution is 7.97. The first-order chi connectivity index (χ1) is 9.37. The molecule has 7 nitrogen and oxygen atoms in total. The Bertz CT molecular complexity index is 855. The minimum atomic E-state index is -3.76. The number of H-pyrrole nitrogens is 1. The summed E-state index contributed by atoms with van der Waals surface area (Å²) >= 11 is 0. The van der Waals surface area contributed by atoms with Crippen LogP contribution in [0.3, 0.4) is 0 Å². The van der Waals surface area contributed by atoms with Crippen LogP contribution in [0.15, 0.2) is 24.3 Å². The molecule has 1 aromatic carbocycles. The first-order valence-electron chi connectivity index (χ1n) is 6.02. The van der Waals surface area contributed by atoms with Crippen molar-refractivity contribution in [2.75, 3.05) is 16.2 Å². The second-order valence-corrected chi connectivity index (χ2v) is 8.98. The summed E-state index contributed by atoms with van der Waals surface area (Å²) in [6.07, 6.45) is 0.125. The Labute approximate surface area is 116 Å². The van der Waals surface area contributed by atoms with Crippen LogP contribution >= 0.6 is 0 Å². The SMILES string of the molecule is O=S1(=O)CCC(S(=O)(=O)Nc2n[nH]c3ccccc23)C1. The van der Waals surface area contributed by atoms with Crippen LogP contribution in [-0.2, 0) is 19.9 Å². The predicted molar refractivity (Wildman–Crippen MR) is 75.7 cm³/mol. The molecule has 108 valence electrons. The standard InChI is InChI=1S/C11H13N3O4S2/c15-19(16)6-5-8(7-19)20(17,18)14-11-9-3-1-2-4-10(9)12-13-11/h1-4,8H,5-7H2,(H2,12,13,14). The zero-order valence-corrected chi connectivity index (χ0v) is 12.0. The lowest BCUT2D eigenvalue weighted by Crippen LogP contribution is -2.29. The summed E-state index contributed by atoms with van der Waals surface area (Å²) < 4.78 is 49.6. The van der Waals surface area contributed by atoms with E-state index in [0.29, 0.717) is 10.9 Å². The third-order valence-corrected chi connectivity index (χ3v) is 7.08. The van der Waals surface area contributed by atoms with Gasteiger partial charge in [-0.15, -0.1) is 0 Å². The highest BCUT2D eigenvalue weighted by Crippen LogP contribution is 2.24. The Morgan fingerprint density at radius 1 is 1.30 bits per heavy atom. The maximum absolute atomic E-state index is 12.2. The number of aromatic amines is 1. The molecule has 1 atom stereocenters. The van der Waals surface area contributed by atoms with E-state index < -0.39 is 25.1 Å². The van der Waals surface area contributed by atoms with Crippen LogP contribution in [0, 0.1) is 0 Å². The number of hydrogen-bond donors (Lipinski definition) is 2. The molecule has 0 bridgehead atoms. The third kappa shape index (κ3) is 2.38. The van der Waals surface area contributed by atoms with Crippen molar-refractivity contribution in [3.05, 3.63) is 24.3 Å². The summed E-state index contributed by atoms with van der Waals surface area (Å²) in [4.78, 5) is 0. The largest absolute Gasteiger partial charge is 0.276 e. The van der Waals surface area contributed by atoms with E-state index in [1.807, 2.05) is 6.07 Å². The van der Waals surface area contributed by atoms with Gasteiger partial charge in [-0.3, -0.25) is 9.82 Å². The molecule has 1 aromatic heterocycles. The fourth-order valence-corrected chi connectivity index (χ4v) is 6.32. The van der Waals surface area contributed by atoms with Gasteiger partial charge in [0.05, 0.1) is 22.3 Å². The van der Waals surface area contributed by atoms with Gasteiger partial charge in [0.2, 0.25) is 10.0 Å². The number of rotatable bonds is 3. The van der Waals surface area contributed by atoms with Crippen LogP contribution in [0.5, 0.6) is 0 Å². The summed E-state index contributed by atoms with van der Waals surface area (Å²) in [5.41, 5.74) is 0.712. The fourth-order valence-electron chi connectivity index (χ4n) is 2.26. The maximum Gasteiger partial charge on any atom is 0.237 e. The molecule has 0 amide bonds. The number of nitrogens with one attached hydrogen (secondary N) is 2. The van der Waals surface area contributed by atoms with E-state index in [1.54, 1.807) is 18.2 Å². The normalized spacial score (nSPS) is 22.1. The molecule has 1 aliphatic heterocycles. The quantitative estimate of drug-likeness (QED) is 0.857. The van der Waals surface area contributed by atoms with Gasteiger partial charge >= 0.3 is 0 Å². The molecule has 0 radical (unpaired) electrons. The molecule has 20 heavy (non-hydrogen) atoms. The smallest absolute Gasteiger partial charge is 0.237 e. The average molecular weight is 315 g/mol. The molecule has 2 heterocycles. The number of sulfonamides is 1. The number of sulfone groups is 1. The molecular weight excluding hydrogens is 302 g/mol. The van der Waals surface area contributed by atoms with Crippen molar-refractivity contribution in [1.82, 2.24) is 10.2 Å². The van der Waals surface area contributed by atoms with Crippen molar-refractivity contribution < 1.29 is 16.8 Å². The highest BCUT2D eigenvalue weighted by Gasteiger charge is 2.37. The van der Waals surface area contributed by atoms with E-state index in [-0.39, 0.29) is 23.7 Å². The monoisotopic (exact) mass is 315 g/mol. The first-order valence-corrected chi connectivity index (χ1v) is 9.39. The van der Waals surface area contributed by atoms with Crippen molar-refractivity contribution >= 4 is 36.6 Å². The van der Waals surface area contributed by atoms with Crippen LogP contribution in [0.25, 0.3) is 10.9 Å². The van der Waals surface area contributed by atoms with Gasteiger partial charge in [0, 0.05) is 5.39 Å². The highest BCUT2D eigenvalue weighted by atomic mass is 32.2. The number of benzene rings is 1. The van der Waals surface area contributed by atoms with Crippen molar-refractivity contribution in [3.8, 4) is 0 Å².